The lowest BCUT2D eigenvalue weighted by atomic mass is 9.98. The SMILES string of the molecule is COc1ccc2c(=O)c3c(oc2c1)C(=O)N(CCCN(C)C)C3c1ccc(F)cc1. The van der Waals surface area contributed by atoms with Gasteiger partial charge >= 0.3 is 0 Å². The van der Waals surface area contributed by atoms with Crippen LogP contribution in [0.3, 0.4) is 0 Å². The minimum Gasteiger partial charge on any atom is -0.497 e. The largest absolute Gasteiger partial charge is 0.497 e. The van der Waals surface area contributed by atoms with E-state index in [1.165, 1.54) is 19.2 Å². The fourth-order valence-corrected chi connectivity index (χ4v) is 3.91. The normalized spacial score (nSPS) is 15.8. The van der Waals surface area contributed by atoms with Crippen molar-refractivity contribution in [2.45, 2.75) is 12.5 Å². The van der Waals surface area contributed by atoms with Crippen molar-refractivity contribution in [1.82, 2.24) is 9.80 Å². The number of carbonyl (C=O) groups excluding carboxylic acids is 1. The van der Waals surface area contributed by atoms with Gasteiger partial charge in [-0.2, -0.15) is 0 Å². The molecule has 3 aromatic rings. The molecule has 0 saturated heterocycles. The van der Waals surface area contributed by atoms with Gasteiger partial charge in [0.05, 0.1) is 24.1 Å². The third kappa shape index (κ3) is 3.45. The van der Waals surface area contributed by atoms with E-state index in [1.54, 1.807) is 35.2 Å². The van der Waals surface area contributed by atoms with Crippen LogP contribution in [0.25, 0.3) is 11.0 Å². The van der Waals surface area contributed by atoms with E-state index in [1.807, 2.05) is 19.0 Å². The van der Waals surface area contributed by atoms with Crippen LogP contribution in [0.1, 0.15) is 34.1 Å². The van der Waals surface area contributed by atoms with Crippen molar-refractivity contribution in [2.75, 3.05) is 34.3 Å². The standard InChI is InChI=1S/C23H23FN2O4/c1-25(2)11-4-12-26-20(14-5-7-15(24)8-6-14)19-21(27)17-10-9-16(29-3)13-18(17)30-22(19)23(26)28/h5-10,13,20H,4,11-12H2,1-3H3. The van der Waals surface area contributed by atoms with Crippen LogP contribution in [0.5, 0.6) is 5.75 Å². The minimum atomic E-state index is -0.613. The summed E-state index contributed by atoms with van der Waals surface area (Å²) in [7, 11) is 5.45. The molecule has 1 unspecified atom stereocenters. The van der Waals surface area contributed by atoms with Crippen LogP contribution in [-0.4, -0.2) is 50.0 Å². The summed E-state index contributed by atoms with van der Waals surface area (Å²) in [4.78, 5) is 30.3. The Bertz CT molecular complexity index is 1150. The van der Waals surface area contributed by atoms with Gasteiger partial charge in [0.25, 0.3) is 5.91 Å². The first-order valence-electron chi connectivity index (χ1n) is 9.76. The predicted molar refractivity (Wildman–Crippen MR) is 111 cm³/mol. The summed E-state index contributed by atoms with van der Waals surface area (Å²) in [6.07, 6.45) is 0.728. The highest BCUT2D eigenvalue weighted by Crippen LogP contribution is 2.38. The molecule has 0 fully saturated rings. The van der Waals surface area contributed by atoms with E-state index >= 15 is 0 Å². The molecule has 0 N–H and O–H groups in total. The van der Waals surface area contributed by atoms with Gasteiger partial charge in [-0.3, -0.25) is 9.59 Å². The molecular formula is C23H23FN2O4. The van der Waals surface area contributed by atoms with Crippen molar-refractivity contribution < 1.29 is 18.3 Å². The summed E-state index contributed by atoms with van der Waals surface area (Å²) in [6.45, 7) is 1.24. The molecule has 2 aromatic carbocycles. The number of ether oxygens (including phenoxy) is 1. The fourth-order valence-electron chi connectivity index (χ4n) is 3.91. The number of fused-ring (bicyclic) bond motifs is 2. The zero-order valence-electron chi connectivity index (χ0n) is 17.1. The lowest BCUT2D eigenvalue weighted by molar-refractivity contribution is 0.0722. The second-order valence-corrected chi connectivity index (χ2v) is 7.65. The van der Waals surface area contributed by atoms with Gasteiger partial charge < -0.3 is 19.0 Å². The summed E-state index contributed by atoms with van der Waals surface area (Å²) < 4.78 is 24.6. The highest BCUT2D eigenvalue weighted by molar-refractivity contribution is 5.99. The van der Waals surface area contributed by atoms with Gasteiger partial charge in [-0.1, -0.05) is 12.1 Å². The number of benzene rings is 2. The summed E-state index contributed by atoms with van der Waals surface area (Å²) >= 11 is 0. The quantitative estimate of drug-likeness (QED) is 0.623. The van der Waals surface area contributed by atoms with Gasteiger partial charge in [0.1, 0.15) is 17.1 Å². The molecule has 4 rings (SSSR count). The van der Waals surface area contributed by atoms with E-state index in [9.17, 15) is 14.0 Å². The van der Waals surface area contributed by atoms with Crippen molar-refractivity contribution in [3.63, 3.8) is 0 Å². The third-order valence-corrected chi connectivity index (χ3v) is 5.36. The molecule has 0 radical (unpaired) electrons. The van der Waals surface area contributed by atoms with E-state index in [4.69, 9.17) is 9.15 Å². The lowest BCUT2D eigenvalue weighted by Crippen LogP contribution is -2.32. The van der Waals surface area contributed by atoms with E-state index in [0.717, 1.165) is 13.0 Å². The van der Waals surface area contributed by atoms with Crippen LogP contribution in [0, 0.1) is 5.82 Å². The zero-order valence-corrected chi connectivity index (χ0v) is 17.1. The van der Waals surface area contributed by atoms with Crippen LogP contribution in [0.15, 0.2) is 51.7 Å². The average molecular weight is 410 g/mol. The third-order valence-electron chi connectivity index (χ3n) is 5.36. The van der Waals surface area contributed by atoms with E-state index < -0.39 is 6.04 Å². The van der Waals surface area contributed by atoms with Gasteiger partial charge in [-0.05, 0) is 56.9 Å². The molecule has 7 heteroatoms. The van der Waals surface area contributed by atoms with Gasteiger partial charge in [0.15, 0.2) is 5.43 Å². The summed E-state index contributed by atoms with van der Waals surface area (Å²) in [5.74, 6) is -0.131. The molecule has 1 aliphatic heterocycles. The maximum absolute atomic E-state index is 13.5. The number of rotatable bonds is 6. The smallest absolute Gasteiger partial charge is 0.290 e. The molecule has 0 saturated carbocycles. The lowest BCUT2D eigenvalue weighted by Gasteiger charge is -2.25. The molecule has 156 valence electrons. The van der Waals surface area contributed by atoms with Crippen molar-refractivity contribution in [3.05, 3.63) is 75.4 Å². The van der Waals surface area contributed by atoms with Crippen molar-refractivity contribution in [1.29, 1.82) is 0 Å². The number of methoxy groups -OCH3 is 1. The van der Waals surface area contributed by atoms with Crippen molar-refractivity contribution in [3.8, 4) is 5.75 Å². The molecule has 1 amide bonds. The Labute approximate surface area is 173 Å². The van der Waals surface area contributed by atoms with Crippen LogP contribution in [-0.2, 0) is 0 Å². The Kier molecular flexibility index (Phi) is 5.30. The molecule has 0 aliphatic carbocycles. The van der Waals surface area contributed by atoms with Crippen LogP contribution < -0.4 is 10.2 Å². The molecule has 30 heavy (non-hydrogen) atoms. The monoisotopic (exact) mass is 410 g/mol. The molecular weight excluding hydrogens is 387 g/mol. The van der Waals surface area contributed by atoms with E-state index in [0.29, 0.717) is 34.4 Å². The molecule has 2 heterocycles. The number of amides is 1. The second kappa shape index (κ2) is 7.91. The number of carbonyl (C=O) groups is 1. The number of nitrogens with zero attached hydrogens (tertiary/aromatic N) is 2. The van der Waals surface area contributed by atoms with Crippen molar-refractivity contribution >= 4 is 16.9 Å². The Morgan fingerprint density at radius 2 is 1.87 bits per heavy atom. The Balaban J connectivity index is 1.87. The first-order chi connectivity index (χ1) is 14.4. The van der Waals surface area contributed by atoms with Crippen LogP contribution in [0.4, 0.5) is 4.39 Å². The first kappa shape index (κ1) is 20.1. The summed E-state index contributed by atoms with van der Waals surface area (Å²) in [5, 5.41) is 0.379. The highest BCUT2D eigenvalue weighted by Gasteiger charge is 2.42. The molecule has 1 aromatic heterocycles. The minimum absolute atomic E-state index is 0.0416. The maximum Gasteiger partial charge on any atom is 0.290 e. The summed E-state index contributed by atoms with van der Waals surface area (Å²) in [5.41, 5.74) is 1.02. The molecule has 1 atom stereocenters. The Morgan fingerprint density at radius 1 is 1.13 bits per heavy atom. The second-order valence-electron chi connectivity index (χ2n) is 7.65. The molecule has 0 spiro atoms. The van der Waals surface area contributed by atoms with E-state index in [2.05, 4.69) is 0 Å². The van der Waals surface area contributed by atoms with Gasteiger partial charge in [-0.15, -0.1) is 0 Å². The van der Waals surface area contributed by atoms with Crippen LogP contribution in [0.2, 0.25) is 0 Å². The zero-order chi connectivity index (χ0) is 21.4. The summed E-state index contributed by atoms with van der Waals surface area (Å²) in [6, 6.07) is 10.2. The maximum atomic E-state index is 13.5. The molecule has 6 nitrogen and oxygen atoms in total. The number of halogens is 1. The topological polar surface area (TPSA) is 63.0 Å². The van der Waals surface area contributed by atoms with Gasteiger partial charge in [0.2, 0.25) is 5.76 Å². The predicted octanol–water partition coefficient (Wildman–Crippen LogP) is 3.44. The number of hydrogen-bond acceptors (Lipinski definition) is 5. The molecule has 0 bridgehead atoms. The highest BCUT2D eigenvalue weighted by atomic mass is 19.1. The van der Waals surface area contributed by atoms with Gasteiger partial charge in [-0.25, -0.2) is 4.39 Å². The Hall–Kier alpha value is -3.19. The van der Waals surface area contributed by atoms with Gasteiger partial charge in [0, 0.05) is 12.6 Å². The number of hydrogen-bond donors (Lipinski definition) is 0. The van der Waals surface area contributed by atoms with Crippen molar-refractivity contribution in [2.24, 2.45) is 0 Å². The van der Waals surface area contributed by atoms with Crippen LogP contribution >= 0.6 is 0 Å². The first-order valence-corrected chi connectivity index (χ1v) is 9.76. The molecule has 1 aliphatic rings. The average Bonchev–Trinajstić information content (AvgIpc) is 3.00. The van der Waals surface area contributed by atoms with E-state index in [-0.39, 0.29) is 22.9 Å². The Morgan fingerprint density at radius 3 is 2.53 bits per heavy atom. The fraction of sp³-hybridized carbons (Fsp3) is 0.304.